The third-order valence-corrected chi connectivity index (χ3v) is 5.43. The van der Waals surface area contributed by atoms with Crippen molar-refractivity contribution in [1.29, 1.82) is 0 Å². The van der Waals surface area contributed by atoms with E-state index in [1.54, 1.807) is 24.3 Å². The Kier molecular flexibility index (Phi) is 6.30. The van der Waals surface area contributed by atoms with E-state index < -0.39 is 35.5 Å². The van der Waals surface area contributed by atoms with Gasteiger partial charge in [-0.2, -0.15) is 13.2 Å². The minimum atomic E-state index is -4.74. The monoisotopic (exact) mass is 486 g/mol. The van der Waals surface area contributed by atoms with Gasteiger partial charge in [0.05, 0.1) is 22.6 Å². The van der Waals surface area contributed by atoms with E-state index in [0.29, 0.717) is 28.6 Å². The highest BCUT2D eigenvalue weighted by Gasteiger charge is 2.35. The van der Waals surface area contributed by atoms with Gasteiger partial charge in [-0.1, -0.05) is 60.1 Å². The van der Waals surface area contributed by atoms with Crippen molar-refractivity contribution in [1.82, 2.24) is 5.32 Å². The predicted molar refractivity (Wildman–Crippen MR) is 124 cm³/mol. The molecule has 0 radical (unpaired) electrons. The number of hydrogen-bond acceptors (Lipinski definition) is 3. The predicted octanol–water partition coefficient (Wildman–Crippen LogP) is 5.32. The molecule has 3 amide bonds. The summed E-state index contributed by atoms with van der Waals surface area (Å²) in [7, 11) is 1.54. The summed E-state index contributed by atoms with van der Waals surface area (Å²) in [5.41, 5.74) is 0.812. The fourth-order valence-electron chi connectivity index (χ4n) is 3.59. The van der Waals surface area contributed by atoms with Crippen LogP contribution in [0.1, 0.15) is 16.7 Å². The summed E-state index contributed by atoms with van der Waals surface area (Å²) < 4.78 is 40.1. The summed E-state index contributed by atoms with van der Waals surface area (Å²) in [6.45, 7) is 0. The maximum Gasteiger partial charge on any atom is 0.418 e. The van der Waals surface area contributed by atoms with Crippen molar-refractivity contribution in [3.8, 4) is 0 Å². The number of aliphatic imine (C=N–C) groups is 1. The molecule has 4 rings (SSSR count). The summed E-state index contributed by atoms with van der Waals surface area (Å²) in [6, 6.07) is 18.1. The molecular formula is C24H18ClF3N4O2. The maximum absolute atomic E-state index is 13.4. The molecule has 0 saturated heterocycles. The molecule has 174 valence electrons. The second kappa shape index (κ2) is 9.18. The van der Waals surface area contributed by atoms with E-state index in [-0.39, 0.29) is 5.02 Å². The number of alkyl halides is 3. The van der Waals surface area contributed by atoms with Crippen LogP contribution in [0.15, 0.2) is 77.8 Å². The first-order valence-electron chi connectivity index (χ1n) is 10.1. The Labute approximate surface area is 198 Å². The Morgan fingerprint density at radius 3 is 2.41 bits per heavy atom. The number of benzodiazepines with no additional fused rings is 1. The number of benzene rings is 3. The zero-order chi connectivity index (χ0) is 24.5. The molecule has 3 aromatic rings. The summed E-state index contributed by atoms with van der Waals surface area (Å²) in [4.78, 5) is 31.6. The number of anilines is 2. The lowest BCUT2D eigenvalue weighted by molar-refractivity contribution is -0.137. The van der Waals surface area contributed by atoms with E-state index >= 15 is 0 Å². The zero-order valence-corrected chi connectivity index (χ0v) is 18.5. The number of likely N-dealkylation sites (N-methyl/N-ethyl adjacent to an activating group) is 1. The molecule has 0 saturated carbocycles. The minimum absolute atomic E-state index is 0.131. The molecule has 34 heavy (non-hydrogen) atoms. The van der Waals surface area contributed by atoms with Crippen LogP contribution in [0.4, 0.5) is 29.3 Å². The van der Waals surface area contributed by atoms with Crippen molar-refractivity contribution in [2.45, 2.75) is 12.3 Å². The van der Waals surface area contributed by atoms with E-state index in [1.165, 1.54) is 18.0 Å². The lowest BCUT2D eigenvalue weighted by Gasteiger charge is -2.21. The fraction of sp³-hybridized carbons (Fsp3) is 0.125. The van der Waals surface area contributed by atoms with Gasteiger partial charge in [0.2, 0.25) is 6.17 Å². The molecule has 0 fully saturated rings. The average Bonchev–Trinajstić information content (AvgIpc) is 2.91. The van der Waals surface area contributed by atoms with Crippen LogP contribution < -0.4 is 15.5 Å². The molecule has 0 aliphatic carbocycles. The first-order valence-corrected chi connectivity index (χ1v) is 10.5. The maximum atomic E-state index is 13.4. The first kappa shape index (κ1) is 23.3. The largest absolute Gasteiger partial charge is 0.418 e. The van der Waals surface area contributed by atoms with Crippen molar-refractivity contribution in [2.75, 3.05) is 17.3 Å². The van der Waals surface area contributed by atoms with Crippen molar-refractivity contribution in [3.05, 3.63) is 94.5 Å². The molecule has 6 nitrogen and oxygen atoms in total. The van der Waals surface area contributed by atoms with E-state index in [2.05, 4.69) is 15.6 Å². The van der Waals surface area contributed by atoms with Crippen LogP contribution in [0.5, 0.6) is 0 Å². The molecule has 0 spiro atoms. The molecule has 0 unspecified atom stereocenters. The molecule has 0 bridgehead atoms. The van der Waals surface area contributed by atoms with Crippen LogP contribution in [0.25, 0.3) is 0 Å². The van der Waals surface area contributed by atoms with Gasteiger partial charge in [-0.3, -0.25) is 4.79 Å². The zero-order valence-electron chi connectivity index (χ0n) is 17.7. The van der Waals surface area contributed by atoms with Crippen LogP contribution in [0.3, 0.4) is 0 Å². The highest BCUT2D eigenvalue weighted by Crippen LogP contribution is 2.36. The van der Waals surface area contributed by atoms with Gasteiger partial charge in [-0.25, -0.2) is 9.79 Å². The quantitative estimate of drug-likeness (QED) is 0.526. The molecule has 2 N–H and O–H groups in total. The van der Waals surface area contributed by atoms with Crippen molar-refractivity contribution in [2.24, 2.45) is 4.99 Å². The van der Waals surface area contributed by atoms with Crippen LogP contribution in [-0.2, 0) is 11.0 Å². The number of nitrogens with one attached hydrogen (secondary N) is 2. The van der Waals surface area contributed by atoms with Gasteiger partial charge in [0.1, 0.15) is 0 Å². The number of halogens is 4. The Hall–Kier alpha value is -3.85. The van der Waals surface area contributed by atoms with E-state index in [9.17, 15) is 22.8 Å². The molecule has 10 heteroatoms. The van der Waals surface area contributed by atoms with Crippen LogP contribution in [0.2, 0.25) is 5.02 Å². The highest BCUT2D eigenvalue weighted by molar-refractivity contribution is 6.30. The summed E-state index contributed by atoms with van der Waals surface area (Å²) in [5, 5.41) is 4.41. The molecule has 1 atom stereocenters. The number of hydrogen-bond donors (Lipinski definition) is 2. The fourth-order valence-corrected chi connectivity index (χ4v) is 3.76. The molecule has 1 aliphatic rings. The smallest absolute Gasteiger partial charge is 0.311 e. The Morgan fingerprint density at radius 2 is 1.71 bits per heavy atom. The summed E-state index contributed by atoms with van der Waals surface area (Å²) in [5.74, 6) is -0.555. The first-order chi connectivity index (χ1) is 16.1. The summed E-state index contributed by atoms with van der Waals surface area (Å²) in [6.07, 6.45) is -6.12. The van der Waals surface area contributed by atoms with Gasteiger partial charge in [0.25, 0.3) is 5.91 Å². The number of urea groups is 1. The number of amides is 3. The van der Waals surface area contributed by atoms with E-state index in [1.807, 2.05) is 30.3 Å². The van der Waals surface area contributed by atoms with Gasteiger partial charge in [0, 0.05) is 23.2 Å². The normalized spacial score (nSPS) is 15.8. The standard InChI is InChI=1S/C24H18ClF3N4O2/c1-32-19-10-6-5-9-16(19)20(14-7-3-2-4-8-14)30-21(22(32)33)31-23(34)29-18-12-11-15(25)13-17(18)24(26,27)28/h2-13,21H,1H3,(H2,29,31,34)/t21-/m0/s1. The van der Waals surface area contributed by atoms with Crippen LogP contribution in [-0.4, -0.2) is 30.9 Å². The lowest BCUT2D eigenvalue weighted by Crippen LogP contribution is -2.47. The molecule has 1 heterocycles. The van der Waals surface area contributed by atoms with Crippen molar-refractivity contribution >= 4 is 40.6 Å². The number of para-hydroxylation sites is 1. The number of carbonyl (C=O) groups is 2. The molecule has 0 aromatic heterocycles. The van der Waals surface area contributed by atoms with Crippen LogP contribution >= 0.6 is 11.6 Å². The van der Waals surface area contributed by atoms with Gasteiger partial charge in [-0.05, 0) is 24.3 Å². The average molecular weight is 487 g/mol. The lowest BCUT2D eigenvalue weighted by atomic mass is 10.0. The SMILES string of the molecule is CN1C(=O)[C@H](NC(=O)Nc2ccc(Cl)cc2C(F)(F)F)N=C(c2ccccc2)c2ccccc21. The second-order valence-electron chi connectivity index (χ2n) is 7.45. The van der Waals surface area contributed by atoms with Gasteiger partial charge in [0.15, 0.2) is 0 Å². The van der Waals surface area contributed by atoms with E-state index in [0.717, 1.165) is 6.07 Å². The molecule has 3 aromatic carbocycles. The number of carbonyl (C=O) groups excluding carboxylic acids is 2. The van der Waals surface area contributed by atoms with E-state index in [4.69, 9.17) is 11.6 Å². The van der Waals surface area contributed by atoms with Crippen molar-refractivity contribution in [3.63, 3.8) is 0 Å². The number of rotatable bonds is 3. The Morgan fingerprint density at radius 1 is 1.03 bits per heavy atom. The number of nitrogens with zero attached hydrogens (tertiary/aromatic N) is 2. The van der Waals surface area contributed by atoms with Gasteiger partial charge >= 0.3 is 12.2 Å². The minimum Gasteiger partial charge on any atom is -0.311 e. The molecular weight excluding hydrogens is 469 g/mol. The number of fused-ring (bicyclic) bond motifs is 1. The Bertz CT molecular complexity index is 1280. The topological polar surface area (TPSA) is 73.8 Å². The van der Waals surface area contributed by atoms with Gasteiger partial charge in [-0.15, -0.1) is 0 Å². The van der Waals surface area contributed by atoms with Crippen LogP contribution in [0, 0.1) is 0 Å². The summed E-state index contributed by atoms with van der Waals surface area (Å²) >= 11 is 5.69. The molecule has 1 aliphatic heterocycles. The van der Waals surface area contributed by atoms with Gasteiger partial charge < -0.3 is 15.5 Å². The third-order valence-electron chi connectivity index (χ3n) is 5.19. The highest BCUT2D eigenvalue weighted by atomic mass is 35.5. The second-order valence-corrected chi connectivity index (χ2v) is 7.88. The Balaban J connectivity index is 1.68. The van der Waals surface area contributed by atoms with Crippen molar-refractivity contribution < 1.29 is 22.8 Å². The third kappa shape index (κ3) is 4.74.